The van der Waals surface area contributed by atoms with Gasteiger partial charge in [-0.15, -0.1) is 0 Å². The Bertz CT molecular complexity index is 631. The lowest BCUT2D eigenvalue weighted by atomic mass is 10.2. The van der Waals surface area contributed by atoms with Crippen LogP contribution in [0.15, 0.2) is 34.9 Å². The minimum Gasteiger partial charge on any atom is -0.397 e. The average Bonchev–Trinajstić information content (AvgIpc) is 2.34. The van der Waals surface area contributed by atoms with Crippen LogP contribution in [0.5, 0.6) is 0 Å². The number of hydrogen-bond donors (Lipinski definition) is 2. The van der Waals surface area contributed by atoms with Gasteiger partial charge in [0.05, 0.1) is 17.4 Å². The Morgan fingerprint density at radius 3 is 2.83 bits per heavy atom. The summed E-state index contributed by atoms with van der Waals surface area (Å²) >= 11 is 3.41. The maximum Gasteiger partial charge on any atom is 0.148 e. The van der Waals surface area contributed by atoms with Crippen molar-refractivity contribution in [3.63, 3.8) is 0 Å². The molecule has 0 saturated carbocycles. The van der Waals surface area contributed by atoms with E-state index in [9.17, 15) is 0 Å². The predicted octanol–water partition coefficient (Wildman–Crippen LogP) is 3.35. The van der Waals surface area contributed by atoms with Crippen molar-refractivity contribution in [3.05, 3.63) is 46.1 Å². The molecule has 0 radical (unpaired) electrons. The van der Waals surface area contributed by atoms with Crippen LogP contribution in [-0.4, -0.2) is 4.98 Å². The van der Waals surface area contributed by atoms with Gasteiger partial charge in [-0.3, -0.25) is 0 Å². The van der Waals surface area contributed by atoms with Gasteiger partial charge in [0, 0.05) is 10.2 Å². The molecule has 3 N–H and O–H groups in total. The zero-order valence-corrected chi connectivity index (χ0v) is 11.3. The van der Waals surface area contributed by atoms with Crippen LogP contribution >= 0.6 is 15.9 Å². The number of nitriles is 1. The normalized spacial score (nSPS) is 9.83. The van der Waals surface area contributed by atoms with Gasteiger partial charge in [-0.1, -0.05) is 15.9 Å². The topological polar surface area (TPSA) is 74.7 Å². The molecule has 90 valence electrons. The average molecular weight is 303 g/mol. The Hall–Kier alpha value is -2.06. The number of benzene rings is 1. The first-order valence-corrected chi connectivity index (χ1v) is 6.08. The minimum absolute atomic E-state index is 0.428. The van der Waals surface area contributed by atoms with Gasteiger partial charge in [-0.2, -0.15) is 5.26 Å². The van der Waals surface area contributed by atoms with Crippen molar-refractivity contribution in [2.45, 2.75) is 6.92 Å². The second kappa shape index (κ2) is 5.07. The molecule has 0 atom stereocenters. The number of nitrogens with zero attached hydrogens (tertiary/aromatic N) is 2. The summed E-state index contributed by atoms with van der Waals surface area (Å²) in [6.07, 6.45) is 1.53. The van der Waals surface area contributed by atoms with Crippen LogP contribution in [0.4, 0.5) is 17.2 Å². The minimum atomic E-state index is 0.428. The largest absolute Gasteiger partial charge is 0.397 e. The standard InChI is InChI=1S/C13H11BrN4/c1-8-4-10(14)2-3-12(8)18-13-9(6-15)5-11(16)7-17-13/h2-5,7H,16H2,1H3,(H,17,18). The lowest BCUT2D eigenvalue weighted by molar-refractivity contribution is 1.28. The van der Waals surface area contributed by atoms with Crippen molar-refractivity contribution in [3.8, 4) is 6.07 Å². The Morgan fingerprint density at radius 2 is 2.17 bits per heavy atom. The van der Waals surface area contributed by atoms with Crippen molar-refractivity contribution >= 4 is 33.1 Å². The van der Waals surface area contributed by atoms with Gasteiger partial charge >= 0.3 is 0 Å². The summed E-state index contributed by atoms with van der Waals surface area (Å²) in [5.74, 6) is 0.511. The zero-order valence-electron chi connectivity index (χ0n) is 9.74. The molecule has 1 aromatic heterocycles. The molecule has 18 heavy (non-hydrogen) atoms. The number of aromatic nitrogens is 1. The zero-order chi connectivity index (χ0) is 13.1. The van der Waals surface area contributed by atoms with Gasteiger partial charge in [-0.05, 0) is 36.8 Å². The molecule has 0 saturated heterocycles. The van der Waals surface area contributed by atoms with Crippen LogP contribution < -0.4 is 11.1 Å². The first kappa shape index (κ1) is 12.4. The quantitative estimate of drug-likeness (QED) is 0.892. The lowest BCUT2D eigenvalue weighted by Gasteiger charge is -2.10. The van der Waals surface area contributed by atoms with Crippen molar-refractivity contribution in [2.24, 2.45) is 0 Å². The fourth-order valence-corrected chi connectivity index (χ4v) is 2.04. The van der Waals surface area contributed by atoms with E-state index < -0.39 is 0 Å². The highest BCUT2D eigenvalue weighted by Crippen LogP contribution is 2.25. The van der Waals surface area contributed by atoms with E-state index in [1.807, 2.05) is 25.1 Å². The molecule has 0 aliphatic carbocycles. The molecule has 2 rings (SSSR count). The summed E-state index contributed by atoms with van der Waals surface area (Å²) in [6.45, 7) is 1.98. The number of rotatable bonds is 2. The van der Waals surface area contributed by atoms with Crippen LogP contribution in [0.3, 0.4) is 0 Å². The van der Waals surface area contributed by atoms with Gasteiger partial charge < -0.3 is 11.1 Å². The van der Waals surface area contributed by atoms with E-state index in [1.165, 1.54) is 6.20 Å². The molecule has 2 aromatic rings. The van der Waals surface area contributed by atoms with Gasteiger partial charge in [0.2, 0.25) is 0 Å². The number of nitrogens with two attached hydrogens (primary N) is 1. The van der Waals surface area contributed by atoms with Gasteiger partial charge in [0.15, 0.2) is 0 Å². The Kier molecular flexibility index (Phi) is 3.49. The third-order valence-corrected chi connectivity index (χ3v) is 2.96. The number of aryl methyl sites for hydroxylation is 1. The van der Waals surface area contributed by atoms with Crippen LogP contribution in [0.2, 0.25) is 0 Å². The molecule has 0 aliphatic heterocycles. The van der Waals surface area contributed by atoms with Gasteiger partial charge in [0.1, 0.15) is 11.9 Å². The molecule has 4 nitrogen and oxygen atoms in total. The molecule has 0 aliphatic rings. The molecule has 0 spiro atoms. The second-order valence-electron chi connectivity index (χ2n) is 3.86. The van der Waals surface area contributed by atoms with E-state index in [0.717, 1.165) is 15.7 Å². The summed E-state index contributed by atoms with van der Waals surface area (Å²) in [5.41, 5.74) is 8.47. The molecule has 1 heterocycles. The van der Waals surface area contributed by atoms with Crippen LogP contribution in [0.25, 0.3) is 0 Å². The molecule has 0 fully saturated rings. The van der Waals surface area contributed by atoms with Crippen molar-refractivity contribution in [1.29, 1.82) is 5.26 Å². The highest BCUT2D eigenvalue weighted by atomic mass is 79.9. The molecule has 0 amide bonds. The summed E-state index contributed by atoms with van der Waals surface area (Å²) in [4.78, 5) is 4.14. The van der Waals surface area contributed by atoms with E-state index in [4.69, 9.17) is 11.0 Å². The van der Waals surface area contributed by atoms with Gasteiger partial charge in [0.25, 0.3) is 0 Å². The van der Waals surface area contributed by atoms with Crippen LogP contribution in [0, 0.1) is 18.3 Å². The number of hydrogen-bond acceptors (Lipinski definition) is 4. The first-order chi connectivity index (χ1) is 8.60. The van der Waals surface area contributed by atoms with E-state index >= 15 is 0 Å². The highest BCUT2D eigenvalue weighted by molar-refractivity contribution is 9.10. The van der Waals surface area contributed by atoms with Crippen molar-refractivity contribution in [1.82, 2.24) is 4.98 Å². The van der Waals surface area contributed by atoms with Crippen LogP contribution in [0.1, 0.15) is 11.1 Å². The fraction of sp³-hybridized carbons (Fsp3) is 0.0769. The Labute approximate surface area is 114 Å². The van der Waals surface area contributed by atoms with E-state index in [1.54, 1.807) is 6.07 Å². The Balaban J connectivity index is 2.37. The number of anilines is 3. The summed E-state index contributed by atoms with van der Waals surface area (Å²) in [6, 6.07) is 9.52. The highest BCUT2D eigenvalue weighted by Gasteiger charge is 2.06. The smallest absolute Gasteiger partial charge is 0.148 e. The molecule has 5 heteroatoms. The molecule has 0 unspecified atom stereocenters. The van der Waals surface area contributed by atoms with Crippen LogP contribution in [-0.2, 0) is 0 Å². The third-order valence-electron chi connectivity index (χ3n) is 2.47. The van der Waals surface area contributed by atoms with Crippen molar-refractivity contribution in [2.75, 3.05) is 11.1 Å². The first-order valence-electron chi connectivity index (χ1n) is 5.29. The lowest BCUT2D eigenvalue weighted by Crippen LogP contribution is -2.00. The SMILES string of the molecule is Cc1cc(Br)ccc1Nc1ncc(N)cc1C#N. The van der Waals surface area contributed by atoms with Crippen molar-refractivity contribution < 1.29 is 0 Å². The monoisotopic (exact) mass is 302 g/mol. The third kappa shape index (κ3) is 2.60. The predicted molar refractivity (Wildman–Crippen MR) is 75.5 cm³/mol. The summed E-state index contributed by atoms with van der Waals surface area (Å²) < 4.78 is 1.01. The number of nitrogens with one attached hydrogen (secondary N) is 1. The van der Waals surface area contributed by atoms with E-state index in [2.05, 4.69) is 32.3 Å². The number of pyridine rings is 1. The van der Waals surface area contributed by atoms with Gasteiger partial charge in [-0.25, -0.2) is 4.98 Å². The maximum atomic E-state index is 9.04. The summed E-state index contributed by atoms with van der Waals surface area (Å²) in [5, 5.41) is 12.2. The number of halogens is 1. The molecule has 0 bridgehead atoms. The summed E-state index contributed by atoms with van der Waals surface area (Å²) in [7, 11) is 0. The second-order valence-corrected chi connectivity index (χ2v) is 4.78. The molecular formula is C13H11BrN4. The fourth-order valence-electron chi connectivity index (χ4n) is 1.56. The molecular weight excluding hydrogens is 292 g/mol. The van der Waals surface area contributed by atoms with E-state index in [-0.39, 0.29) is 0 Å². The molecule has 1 aromatic carbocycles. The number of nitrogen functional groups attached to an aromatic ring is 1. The maximum absolute atomic E-state index is 9.04. The Morgan fingerprint density at radius 1 is 1.39 bits per heavy atom. The van der Waals surface area contributed by atoms with E-state index in [0.29, 0.717) is 17.1 Å².